The molecule has 3 aromatic rings. The molecule has 3 N–H and O–H groups in total. The van der Waals surface area contributed by atoms with Crippen LogP contribution in [0.1, 0.15) is 20.7 Å². The zero-order chi connectivity index (χ0) is 19.4. The van der Waals surface area contributed by atoms with Crippen molar-refractivity contribution in [2.45, 2.75) is 0 Å². The number of amides is 1. The number of benzene rings is 3. The molecule has 6 nitrogen and oxygen atoms in total. The van der Waals surface area contributed by atoms with Gasteiger partial charge >= 0.3 is 5.97 Å². The van der Waals surface area contributed by atoms with Gasteiger partial charge in [0, 0.05) is 5.56 Å². The number of para-hydroxylation sites is 2. The van der Waals surface area contributed by atoms with Gasteiger partial charge in [-0.05, 0) is 52.3 Å². The average Bonchev–Trinajstić information content (AvgIpc) is 2.66. The van der Waals surface area contributed by atoms with Crippen molar-refractivity contribution >= 4 is 33.5 Å². The van der Waals surface area contributed by atoms with Gasteiger partial charge in [0.05, 0.1) is 11.3 Å². The van der Waals surface area contributed by atoms with E-state index >= 15 is 0 Å². The van der Waals surface area contributed by atoms with Gasteiger partial charge in [0.25, 0.3) is 5.91 Å². The number of carbonyl (C=O) groups is 2. The first-order valence-electron chi connectivity index (χ1n) is 7.85. The number of rotatable bonds is 5. The number of halogens is 1. The van der Waals surface area contributed by atoms with E-state index in [9.17, 15) is 19.8 Å². The van der Waals surface area contributed by atoms with Crippen molar-refractivity contribution in [3.8, 4) is 17.2 Å². The third kappa shape index (κ3) is 4.27. The molecule has 0 heterocycles. The van der Waals surface area contributed by atoms with Crippen LogP contribution in [0.2, 0.25) is 0 Å². The maximum Gasteiger partial charge on any atom is 0.337 e. The molecule has 3 aromatic carbocycles. The van der Waals surface area contributed by atoms with Crippen molar-refractivity contribution < 1.29 is 24.5 Å². The second kappa shape index (κ2) is 7.92. The molecule has 136 valence electrons. The Balaban J connectivity index is 1.91. The highest BCUT2D eigenvalue weighted by atomic mass is 79.9. The Labute approximate surface area is 163 Å². The molecule has 1 amide bonds. The van der Waals surface area contributed by atoms with E-state index in [4.69, 9.17) is 4.74 Å². The zero-order valence-electron chi connectivity index (χ0n) is 13.8. The van der Waals surface area contributed by atoms with Crippen LogP contribution >= 0.6 is 15.9 Å². The monoisotopic (exact) mass is 427 g/mol. The Hall–Kier alpha value is -3.32. The van der Waals surface area contributed by atoms with Crippen molar-refractivity contribution in [1.29, 1.82) is 0 Å². The first-order valence-corrected chi connectivity index (χ1v) is 8.64. The summed E-state index contributed by atoms with van der Waals surface area (Å²) in [5.41, 5.74) is 0.234. The van der Waals surface area contributed by atoms with E-state index in [0.717, 1.165) is 0 Å². The Kier molecular flexibility index (Phi) is 5.42. The summed E-state index contributed by atoms with van der Waals surface area (Å²) in [6, 6.07) is 17.7. The molecule has 0 unspecified atom stereocenters. The molecule has 0 aliphatic rings. The summed E-state index contributed by atoms with van der Waals surface area (Å²) >= 11 is 3.23. The van der Waals surface area contributed by atoms with Crippen LogP contribution in [0.15, 0.2) is 71.2 Å². The van der Waals surface area contributed by atoms with Crippen LogP contribution in [0, 0.1) is 0 Å². The van der Waals surface area contributed by atoms with Crippen LogP contribution in [-0.2, 0) is 0 Å². The molecule has 0 radical (unpaired) electrons. The van der Waals surface area contributed by atoms with Gasteiger partial charge in [0.2, 0.25) is 0 Å². The Morgan fingerprint density at radius 3 is 2.33 bits per heavy atom. The van der Waals surface area contributed by atoms with E-state index < -0.39 is 11.9 Å². The minimum absolute atomic E-state index is 0.0343. The normalized spacial score (nSPS) is 10.3. The Bertz CT molecular complexity index is 1000. The quantitative estimate of drug-likeness (QED) is 0.538. The van der Waals surface area contributed by atoms with Crippen molar-refractivity contribution in [2.24, 2.45) is 0 Å². The van der Waals surface area contributed by atoms with E-state index in [1.54, 1.807) is 36.4 Å². The summed E-state index contributed by atoms with van der Waals surface area (Å²) in [5.74, 6) is -1.13. The lowest BCUT2D eigenvalue weighted by atomic mass is 10.1. The summed E-state index contributed by atoms with van der Waals surface area (Å²) in [4.78, 5) is 23.8. The first-order chi connectivity index (χ1) is 13.0. The zero-order valence-corrected chi connectivity index (χ0v) is 15.4. The summed E-state index contributed by atoms with van der Waals surface area (Å²) < 4.78 is 6.01. The molecule has 0 spiro atoms. The number of aromatic carboxylic acids is 1. The van der Waals surface area contributed by atoms with E-state index in [0.29, 0.717) is 10.2 Å². The molecule has 0 bridgehead atoms. The van der Waals surface area contributed by atoms with Gasteiger partial charge < -0.3 is 20.3 Å². The predicted molar refractivity (Wildman–Crippen MR) is 104 cm³/mol. The summed E-state index contributed by atoms with van der Waals surface area (Å²) in [5, 5.41) is 21.9. The third-order valence-corrected chi connectivity index (χ3v) is 4.46. The fraction of sp³-hybridized carbons (Fsp3) is 0. The number of phenols is 1. The molecule has 0 aliphatic heterocycles. The van der Waals surface area contributed by atoms with E-state index in [1.165, 1.54) is 24.3 Å². The second-order valence-electron chi connectivity index (χ2n) is 5.53. The van der Waals surface area contributed by atoms with Crippen LogP contribution in [0.3, 0.4) is 0 Å². The predicted octanol–water partition coefficient (Wildman–Crippen LogP) is 4.90. The SMILES string of the molecule is O=C(Nc1ccccc1C(=O)O)c1cc(O)c(Br)c(Oc2ccccc2)c1. The number of aromatic hydroxyl groups is 1. The van der Waals surface area contributed by atoms with E-state index in [1.807, 2.05) is 6.07 Å². The van der Waals surface area contributed by atoms with E-state index in [2.05, 4.69) is 21.2 Å². The highest BCUT2D eigenvalue weighted by molar-refractivity contribution is 9.10. The third-order valence-electron chi connectivity index (χ3n) is 3.66. The smallest absolute Gasteiger partial charge is 0.337 e. The average molecular weight is 428 g/mol. The molecule has 0 atom stereocenters. The van der Waals surface area contributed by atoms with Crippen LogP contribution in [0.4, 0.5) is 5.69 Å². The molecule has 0 saturated heterocycles. The summed E-state index contributed by atoms with van der Waals surface area (Å²) in [7, 11) is 0. The van der Waals surface area contributed by atoms with Crippen molar-refractivity contribution in [3.63, 3.8) is 0 Å². The van der Waals surface area contributed by atoms with Crippen molar-refractivity contribution in [2.75, 3.05) is 5.32 Å². The number of hydrogen-bond donors (Lipinski definition) is 3. The van der Waals surface area contributed by atoms with Gasteiger partial charge in [-0.2, -0.15) is 0 Å². The van der Waals surface area contributed by atoms with E-state index in [-0.39, 0.29) is 28.3 Å². The van der Waals surface area contributed by atoms with Gasteiger partial charge in [0.15, 0.2) is 0 Å². The number of anilines is 1. The maximum absolute atomic E-state index is 12.6. The Morgan fingerprint density at radius 2 is 1.63 bits per heavy atom. The van der Waals surface area contributed by atoms with Crippen LogP contribution in [-0.4, -0.2) is 22.1 Å². The standard InChI is InChI=1S/C20H14BrNO5/c21-18-16(23)10-12(11-17(18)27-13-6-2-1-3-7-13)19(24)22-15-9-5-4-8-14(15)20(25)26/h1-11,23H,(H,22,24)(H,25,26). The molecule has 27 heavy (non-hydrogen) atoms. The largest absolute Gasteiger partial charge is 0.507 e. The first kappa shape index (κ1) is 18.5. The number of ether oxygens (including phenoxy) is 1. The highest BCUT2D eigenvalue weighted by Crippen LogP contribution is 2.37. The van der Waals surface area contributed by atoms with Crippen LogP contribution < -0.4 is 10.1 Å². The topological polar surface area (TPSA) is 95.9 Å². The number of nitrogens with one attached hydrogen (secondary N) is 1. The molecular formula is C20H14BrNO5. The van der Waals surface area contributed by atoms with Crippen molar-refractivity contribution in [1.82, 2.24) is 0 Å². The fourth-order valence-corrected chi connectivity index (χ4v) is 2.69. The molecule has 0 aromatic heterocycles. The number of carboxylic acids is 1. The second-order valence-corrected chi connectivity index (χ2v) is 6.32. The minimum Gasteiger partial charge on any atom is -0.507 e. The van der Waals surface area contributed by atoms with Crippen LogP contribution in [0.5, 0.6) is 17.2 Å². The van der Waals surface area contributed by atoms with Crippen molar-refractivity contribution in [3.05, 3.63) is 82.3 Å². The van der Waals surface area contributed by atoms with Gasteiger partial charge in [-0.15, -0.1) is 0 Å². The van der Waals surface area contributed by atoms with Crippen LogP contribution in [0.25, 0.3) is 0 Å². The summed E-state index contributed by atoms with van der Waals surface area (Å²) in [6.45, 7) is 0. The number of phenolic OH excluding ortho intramolecular Hbond substituents is 1. The summed E-state index contributed by atoms with van der Waals surface area (Å²) in [6.07, 6.45) is 0. The number of carbonyl (C=O) groups excluding carboxylic acids is 1. The number of carboxylic acid groups (broad SMARTS) is 1. The van der Waals surface area contributed by atoms with Gasteiger partial charge in [0.1, 0.15) is 21.7 Å². The number of hydrogen-bond acceptors (Lipinski definition) is 4. The fourth-order valence-electron chi connectivity index (χ4n) is 2.38. The molecule has 0 aliphatic carbocycles. The highest BCUT2D eigenvalue weighted by Gasteiger charge is 2.17. The maximum atomic E-state index is 12.6. The molecule has 0 saturated carbocycles. The molecule has 7 heteroatoms. The Morgan fingerprint density at radius 1 is 0.963 bits per heavy atom. The molecule has 3 rings (SSSR count). The lowest BCUT2D eigenvalue weighted by Gasteiger charge is -2.12. The van der Waals surface area contributed by atoms with Gasteiger partial charge in [-0.3, -0.25) is 4.79 Å². The minimum atomic E-state index is -1.15. The molecular weight excluding hydrogens is 414 g/mol. The lowest BCUT2D eigenvalue weighted by Crippen LogP contribution is -2.15. The van der Waals surface area contributed by atoms with Gasteiger partial charge in [-0.1, -0.05) is 30.3 Å². The van der Waals surface area contributed by atoms with Gasteiger partial charge in [-0.25, -0.2) is 4.79 Å². The lowest BCUT2D eigenvalue weighted by molar-refractivity contribution is 0.0698. The molecule has 0 fully saturated rings.